The third kappa shape index (κ3) is 3.64. The highest BCUT2D eigenvalue weighted by atomic mass is 32.2. The number of piperazine rings is 1. The Bertz CT molecular complexity index is 899. The molecular formula is C18H25N5O3S. The van der Waals surface area contributed by atoms with Crippen LogP contribution in [-0.4, -0.2) is 78.5 Å². The summed E-state index contributed by atoms with van der Waals surface area (Å²) in [6.07, 6.45) is 1.39. The Balaban J connectivity index is 1.48. The number of rotatable bonds is 3. The Labute approximate surface area is 159 Å². The lowest BCUT2D eigenvalue weighted by Crippen LogP contribution is -2.57. The van der Waals surface area contributed by atoms with Crippen LogP contribution in [0.3, 0.4) is 0 Å². The SMILES string of the molecule is CC1CN(S(=O)(=O)N2CCN(c3ncnc4ccccc34)CC2)CC(C)O1. The first kappa shape index (κ1) is 18.5. The van der Waals surface area contributed by atoms with E-state index in [0.717, 1.165) is 16.7 Å². The van der Waals surface area contributed by atoms with Crippen LogP contribution in [0, 0.1) is 0 Å². The molecule has 8 nitrogen and oxygen atoms in total. The molecule has 1 aromatic heterocycles. The van der Waals surface area contributed by atoms with Crippen LogP contribution in [0.4, 0.5) is 5.82 Å². The number of hydrogen-bond donors (Lipinski definition) is 0. The topological polar surface area (TPSA) is 78.9 Å². The second-order valence-corrected chi connectivity index (χ2v) is 9.11. The van der Waals surface area contributed by atoms with Gasteiger partial charge >= 0.3 is 0 Å². The van der Waals surface area contributed by atoms with Crippen molar-refractivity contribution in [3.05, 3.63) is 30.6 Å². The molecule has 2 unspecified atom stereocenters. The summed E-state index contributed by atoms with van der Waals surface area (Å²) in [7, 11) is -3.47. The van der Waals surface area contributed by atoms with Crippen LogP contribution in [-0.2, 0) is 14.9 Å². The quantitative estimate of drug-likeness (QED) is 0.780. The molecular weight excluding hydrogens is 366 g/mol. The summed E-state index contributed by atoms with van der Waals surface area (Å²) < 4.78 is 34.9. The third-order valence-electron chi connectivity index (χ3n) is 5.10. The van der Waals surface area contributed by atoms with Gasteiger partial charge in [-0.2, -0.15) is 17.0 Å². The fourth-order valence-electron chi connectivity index (χ4n) is 3.86. The first-order valence-electron chi connectivity index (χ1n) is 9.30. The zero-order valence-electron chi connectivity index (χ0n) is 15.7. The Kier molecular flexibility index (Phi) is 5.02. The van der Waals surface area contributed by atoms with Gasteiger partial charge in [0, 0.05) is 44.7 Å². The van der Waals surface area contributed by atoms with Gasteiger partial charge in [0.15, 0.2) is 0 Å². The minimum absolute atomic E-state index is 0.0859. The highest BCUT2D eigenvalue weighted by Crippen LogP contribution is 2.25. The molecule has 0 bridgehead atoms. The number of morpholine rings is 1. The minimum atomic E-state index is -3.47. The average molecular weight is 391 g/mol. The van der Waals surface area contributed by atoms with Gasteiger partial charge in [0.05, 0.1) is 17.7 Å². The highest BCUT2D eigenvalue weighted by molar-refractivity contribution is 7.86. The molecule has 0 amide bonds. The predicted molar refractivity (Wildman–Crippen MR) is 104 cm³/mol. The van der Waals surface area contributed by atoms with Crippen LogP contribution in [0.15, 0.2) is 30.6 Å². The average Bonchev–Trinajstić information content (AvgIpc) is 2.67. The molecule has 2 atom stereocenters. The molecule has 2 aliphatic rings. The molecule has 2 aromatic rings. The van der Waals surface area contributed by atoms with Gasteiger partial charge in [0.2, 0.25) is 0 Å². The highest BCUT2D eigenvalue weighted by Gasteiger charge is 2.37. The molecule has 2 aliphatic heterocycles. The number of para-hydroxylation sites is 1. The van der Waals surface area contributed by atoms with Crippen molar-refractivity contribution in [3.63, 3.8) is 0 Å². The first-order chi connectivity index (χ1) is 12.9. The van der Waals surface area contributed by atoms with Crippen molar-refractivity contribution in [3.8, 4) is 0 Å². The van der Waals surface area contributed by atoms with Crippen LogP contribution in [0.1, 0.15) is 13.8 Å². The summed E-state index contributed by atoms with van der Waals surface area (Å²) in [5.74, 6) is 0.867. The molecule has 4 rings (SSSR count). The maximum atomic E-state index is 13.0. The van der Waals surface area contributed by atoms with Crippen LogP contribution >= 0.6 is 0 Å². The summed E-state index contributed by atoms with van der Waals surface area (Å²) in [4.78, 5) is 10.9. The van der Waals surface area contributed by atoms with E-state index in [-0.39, 0.29) is 12.2 Å². The number of benzene rings is 1. The van der Waals surface area contributed by atoms with E-state index in [2.05, 4.69) is 14.9 Å². The second kappa shape index (κ2) is 7.31. The van der Waals surface area contributed by atoms with Crippen molar-refractivity contribution in [1.29, 1.82) is 0 Å². The largest absolute Gasteiger partial charge is 0.373 e. The molecule has 0 aliphatic carbocycles. The van der Waals surface area contributed by atoms with Gasteiger partial charge in [-0.05, 0) is 26.0 Å². The summed E-state index contributed by atoms with van der Waals surface area (Å²) in [5.41, 5.74) is 0.897. The van der Waals surface area contributed by atoms with E-state index in [4.69, 9.17) is 4.74 Å². The Hall–Kier alpha value is -1.81. The first-order valence-corrected chi connectivity index (χ1v) is 10.7. The Morgan fingerprint density at radius 3 is 2.33 bits per heavy atom. The van der Waals surface area contributed by atoms with Crippen LogP contribution in [0.25, 0.3) is 10.9 Å². The van der Waals surface area contributed by atoms with E-state index in [1.54, 1.807) is 14.9 Å². The maximum Gasteiger partial charge on any atom is 0.282 e. The molecule has 1 aromatic carbocycles. The lowest BCUT2D eigenvalue weighted by atomic mass is 10.2. The summed E-state index contributed by atoms with van der Waals surface area (Å²) in [6.45, 7) is 6.74. The fraction of sp³-hybridized carbons (Fsp3) is 0.556. The minimum Gasteiger partial charge on any atom is -0.373 e. The van der Waals surface area contributed by atoms with Crippen LogP contribution in [0.2, 0.25) is 0 Å². The number of nitrogens with zero attached hydrogens (tertiary/aromatic N) is 5. The second-order valence-electron chi connectivity index (χ2n) is 7.18. The third-order valence-corrected chi connectivity index (χ3v) is 7.07. The lowest BCUT2D eigenvalue weighted by Gasteiger charge is -2.40. The number of ether oxygens (including phenoxy) is 1. The van der Waals surface area contributed by atoms with Crippen molar-refractivity contribution in [2.45, 2.75) is 26.1 Å². The van der Waals surface area contributed by atoms with Gasteiger partial charge in [0.1, 0.15) is 12.1 Å². The molecule has 9 heteroatoms. The van der Waals surface area contributed by atoms with Gasteiger partial charge in [-0.25, -0.2) is 9.97 Å². The van der Waals surface area contributed by atoms with Gasteiger partial charge < -0.3 is 9.64 Å². The van der Waals surface area contributed by atoms with E-state index in [0.29, 0.717) is 39.3 Å². The Morgan fingerprint density at radius 1 is 0.963 bits per heavy atom. The zero-order valence-corrected chi connectivity index (χ0v) is 16.5. The summed E-state index contributed by atoms with van der Waals surface area (Å²) in [5, 5.41) is 0.993. The van der Waals surface area contributed by atoms with E-state index < -0.39 is 10.2 Å². The Morgan fingerprint density at radius 2 is 1.63 bits per heavy atom. The smallest absolute Gasteiger partial charge is 0.282 e. The van der Waals surface area contributed by atoms with E-state index in [1.165, 1.54) is 0 Å². The van der Waals surface area contributed by atoms with E-state index >= 15 is 0 Å². The fourth-order valence-corrected chi connectivity index (χ4v) is 5.60. The molecule has 0 radical (unpaired) electrons. The number of hydrogen-bond acceptors (Lipinski definition) is 6. The van der Waals surface area contributed by atoms with Crippen molar-refractivity contribution in [2.24, 2.45) is 0 Å². The molecule has 0 saturated carbocycles. The lowest BCUT2D eigenvalue weighted by molar-refractivity contribution is -0.0455. The van der Waals surface area contributed by atoms with Gasteiger partial charge in [0.25, 0.3) is 10.2 Å². The molecule has 0 spiro atoms. The summed E-state index contributed by atoms with van der Waals surface area (Å²) in [6, 6.07) is 7.89. The molecule has 2 fully saturated rings. The number of anilines is 1. The van der Waals surface area contributed by atoms with Crippen LogP contribution in [0.5, 0.6) is 0 Å². The van der Waals surface area contributed by atoms with Crippen molar-refractivity contribution >= 4 is 26.9 Å². The maximum absolute atomic E-state index is 13.0. The monoisotopic (exact) mass is 391 g/mol. The van der Waals surface area contributed by atoms with Crippen molar-refractivity contribution in [1.82, 2.24) is 18.6 Å². The standard InChI is InChI=1S/C18H25N5O3S/c1-14-11-23(12-15(2)26-14)27(24,25)22-9-7-21(8-10-22)18-16-5-3-4-6-17(16)19-13-20-18/h3-6,13-15H,7-12H2,1-2H3. The molecule has 0 N–H and O–H groups in total. The van der Waals surface area contributed by atoms with E-state index in [1.807, 2.05) is 38.1 Å². The van der Waals surface area contributed by atoms with E-state index in [9.17, 15) is 8.42 Å². The zero-order chi connectivity index (χ0) is 19.0. The molecule has 3 heterocycles. The van der Waals surface area contributed by atoms with Gasteiger partial charge in [-0.1, -0.05) is 12.1 Å². The number of aromatic nitrogens is 2. The summed E-state index contributed by atoms with van der Waals surface area (Å²) >= 11 is 0. The van der Waals surface area contributed by atoms with Crippen molar-refractivity contribution in [2.75, 3.05) is 44.2 Å². The van der Waals surface area contributed by atoms with Crippen LogP contribution < -0.4 is 4.90 Å². The van der Waals surface area contributed by atoms with Crippen molar-refractivity contribution < 1.29 is 13.2 Å². The molecule has 2 saturated heterocycles. The predicted octanol–water partition coefficient (Wildman–Crippen LogP) is 1.11. The van der Waals surface area contributed by atoms with Gasteiger partial charge in [-0.15, -0.1) is 0 Å². The molecule has 27 heavy (non-hydrogen) atoms. The normalized spacial score (nSPS) is 25.8. The number of fused-ring (bicyclic) bond motifs is 1. The van der Waals surface area contributed by atoms with Gasteiger partial charge in [-0.3, -0.25) is 0 Å². The molecule has 146 valence electrons.